The molecule has 0 aliphatic carbocycles. The van der Waals surface area contributed by atoms with Crippen molar-refractivity contribution in [1.29, 1.82) is 0 Å². The second-order valence-corrected chi connectivity index (χ2v) is 3.80. The maximum atomic E-state index is 5.62. The van der Waals surface area contributed by atoms with Gasteiger partial charge in [-0.1, -0.05) is 0 Å². The molecule has 0 saturated heterocycles. The number of nitrogen functional groups attached to an aromatic ring is 1. The molecule has 0 fully saturated rings. The van der Waals surface area contributed by atoms with Crippen LogP contribution in [0.3, 0.4) is 0 Å². The Labute approximate surface area is 77.3 Å². The van der Waals surface area contributed by atoms with Gasteiger partial charge in [-0.15, -0.1) is 11.8 Å². The van der Waals surface area contributed by atoms with Crippen LogP contribution in [0.5, 0.6) is 0 Å². The quantitative estimate of drug-likeness (QED) is 0.552. The fourth-order valence-electron chi connectivity index (χ4n) is 1.00. The summed E-state index contributed by atoms with van der Waals surface area (Å²) in [6, 6.07) is 5.95. The Morgan fingerprint density at radius 2 is 2.17 bits per heavy atom. The SMILES string of the molecule is Cc1cc(N)ccc1SCCN. The third kappa shape index (κ3) is 2.43. The highest BCUT2D eigenvalue weighted by atomic mass is 32.2. The highest BCUT2D eigenvalue weighted by Gasteiger charge is 1.97. The Morgan fingerprint density at radius 1 is 1.42 bits per heavy atom. The van der Waals surface area contributed by atoms with Crippen molar-refractivity contribution < 1.29 is 0 Å². The van der Waals surface area contributed by atoms with E-state index in [1.54, 1.807) is 11.8 Å². The van der Waals surface area contributed by atoms with E-state index in [1.165, 1.54) is 10.5 Å². The second kappa shape index (κ2) is 4.38. The summed E-state index contributed by atoms with van der Waals surface area (Å²) in [7, 11) is 0. The zero-order chi connectivity index (χ0) is 8.97. The van der Waals surface area contributed by atoms with Crippen LogP contribution < -0.4 is 11.5 Å². The van der Waals surface area contributed by atoms with Gasteiger partial charge < -0.3 is 11.5 Å². The van der Waals surface area contributed by atoms with Gasteiger partial charge in [0.15, 0.2) is 0 Å². The summed E-state index contributed by atoms with van der Waals surface area (Å²) in [5.74, 6) is 0.963. The molecule has 0 aliphatic rings. The van der Waals surface area contributed by atoms with Crippen LogP contribution in [0.2, 0.25) is 0 Å². The normalized spacial score (nSPS) is 10.2. The first-order valence-corrected chi connectivity index (χ1v) is 4.91. The molecular formula is C9H14N2S. The molecule has 1 aromatic carbocycles. The van der Waals surface area contributed by atoms with Crippen LogP contribution in [0.1, 0.15) is 5.56 Å². The summed E-state index contributed by atoms with van der Waals surface area (Å²) in [5.41, 5.74) is 13.1. The fourth-order valence-corrected chi connectivity index (χ4v) is 1.79. The summed E-state index contributed by atoms with van der Waals surface area (Å²) >= 11 is 1.78. The number of thioether (sulfide) groups is 1. The third-order valence-electron chi connectivity index (χ3n) is 1.57. The number of anilines is 1. The van der Waals surface area contributed by atoms with Gasteiger partial charge in [-0.25, -0.2) is 0 Å². The van der Waals surface area contributed by atoms with Gasteiger partial charge >= 0.3 is 0 Å². The Morgan fingerprint density at radius 3 is 2.75 bits per heavy atom. The van der Waals surface area contributed by atoms with Crippen LogP contribution in [-0.4, -0.2) is 12.3 Å². The molecule has 0 unspecified atom stereocenters. The zero-order valence-corrected chi connectivity index (χ0v) is 8.03. The molecule has 0 radical (unpaired) electrons. The lowest BCUT2D eigenvalue weighted by molar-refractivity contribution is 1.14. The molecule has 0 saturated carbocycles. The molecule has 0 heterocycles. The first-order valence-electron chi connectivity index (χ1n) is 3.93. The highest BCUT2D eigenvalue weighted by molar-refractivity contribution is 7.99. The molecule has 2 nitrogen and oxygen atoms in total. The van der Waals surface area contributed by atoms with E-state index in [-0.39, 0.29) is 0 Å². The van der Waals surface area contributed by atoms with Crippen molar-refractivity contribution in [2.45, 2.75) is 11.8 Å². The first kappa shape index (κ1) is 9.42. The predicted octanol–water partition coefficient (Wildman–Crippen LogP) is 1.63. The average molecular weight is 182 g/mol. The molecule has 0 amide bonds. The number of nitrogens with two attached hydrogens (primary N) is 2. The minimum atomic E-state index is 0.717. The Hall–Kier alpha value is -0.670. The Balaban J connectivity index is 2.72. The fraction of sp³-hybridized carbons (Fsp3) is 0.333. The Kier molecular flexibility index (Phi) is 3.44. The number of hydrogen-bond acceptors (Lipinski definition) is 3. The van der Waals surface area contributed by atoms with Crippen LogP contribution in [0.15, 0.2) is 23.1 Å². The van der Waals surface area contributed by atoms with Crippen LogP contribution in [0, 0.1) is 6.92 Å². The van der Waals surface area contributed by atoms with E-state index in [0.29, 0.717) is 6.54 Å². The largest absolute Gasteiger partial charge is 0.399 e. The lowest BCUT2D eigenvalue weighted by Crippen LogP contribution is -2.01. The molecule has 12 heavy (non-hydrogen) atoms. The van der Waals surface area contributed by atoms with Gasteiger partial charge in [0.2, 0.25) is 0 Å². The van der Waals surface area contributed by atoms with Gasteiger partial charge in [-0.2, -0.15) is 0 Å². The van der Waals surface area contributed by atoms with Gasteiger partial charge in [-0.3, -0.25) is 0 Å². The monoisotopic (exact) mass is 182 g/mol. The maximum Gasteiger partial charge on any atom is 0.0317 e. The average Bonchev–Trinajstić information content (AvgIpc) is 2.03. The van der Waals surface area contributed by atoms with Crippen molar-refractivity contribution in [1.82, 2.24) is 0 Å². The molecule has 0 aliphatic heterocycles. The summed E-state index contributed by atoms with van der Waals surface area (Å²) in [6.45, 7) is 2.78. The van der Waals surface area contributed by atoms with Crippen molar-refractivity contribution in [3.63, 3.8) is 0 Å². The van der Waals surface area contributed by atoms with Gasteiger partial charge in [0.05, 0.1) is 0 Å². The van der Waals surface area contributed by atoms with Gasteiger partial charge in [0, 0.05) is 22.9 Å². The number of rotatable bonds is 3. The highest BCUT2D eigenvalue weighted by Crippen LogP contribution is 2.23. The topological polar surface area (TPSA) is 52.0 Å². The van der Waals surface area contributed by atoms with Crippen molar-refractivity contribution in [2.24, 2.45) is 5.73 Å². The van der Waals surface area contributed by atoms with Crippen LogP contribution in [0.25, 0.3) is 0 Å². The molecule has 3 heteroatoms. The minimum absolute atomic E-state index is 0.717. The van der Waals surface area contributed by atoms with E-state index in [2.05, 4.69) is 6.92 Å². The smallest absolute Gasteiger partial charge is 0.0317 e. The van der Waals surface area contributed by atoms with Gasteiger partial charge in [-0.05, 0) is 30.7 Å². The standard InChI is InChI=1S/C9H14N2S/c1-7-6-8(11)2-3-9(7)12-5-4-10/h2-3,6H,4-5,10-11H2,1H3. The molecule has 0 spiro atoms. The second-order valence-electron chi connectivity index (χ2n) is 2.66. The van der Waals surface area contributed by atoms with Gasteiger partial charge in [0.25, 0.3) is 0 Å². The van der Waals surface area contributed by atoms with E-state index in [0.717, 1.165) is 11.4 Å². The maximum absolute atomic E-state index is 5.62. The molecule has 1 aromatic rings. The summed E-state index contributed by atoms with van der Waals surface area (Å²) in [5, 5.41) is 0. The van der Waals surface area contributed by atoms with E-state index in [4.69, 9.17) is 11.5 Å². The molecule has 0 atom stereocenters. The van der Waals surface area contributed by atoms with Crippen molar-refractivity contribution in [2.75, 3.05) is 18.0 Å². The van der Waals surface area contributed by atoms with Crippen molar-refractivity contribution >= 4 is 17.4 Å². The van der Waals surface area contributed by atoms with Crippen LogP contribution >= 0.6 is 11.8 Å². The molecular weight excluding hydrogens is 168 g/mol. The van der Waals surface area contributed by atoms with Crippen molar-refractivity contribution in [3.8, 4) is 0 Å². The van der Waals surface area contributed by atoms with Crippen LogP contribution in [0.4, 0.5) is 5.69 Å². The number of hydrogen-bond donors (Lipinski definition) is 2. The summed E-state index contributed by atoms with van der Waals surface area (Å²) in [6.07, 6.45) is 0. The minimum Gasteiger partial charge on any atom is -0.399 e. The van der Waals surface area contributed by atoms with E-state index >= 15 is 0 Å². The number of benzene rings is 1. The zero-order valence-electron chi connectivity index (χ0n) is 7.21. The van der Waals surface area contributed by atoms with Crippen LogP contribution in [-0.2, 0) is 0 Å². The van der Waals surface area contributed by atoms with Crippen molar-refractivity contribution in [3.05, 3.63) is 23.8 Å². The van der Waals surface area contributed by atoms with E-state index < -0.39 is 0 Å². The molecule has 0 bridgehead atoms. The summed E-state index contributed by atoms with van der Waals surface area (Å²) < 4.78 is 0. The van der Waals surface area contributed by atoms with E-state index in [1.807, 2.05) is 18.2 Å². The molecule has 1 rings (SSSR count). The lowest BCUT2D eigenvalue weighted by atomic mass is 10.2. The Bertz CT molecular complexity index is 261. The molecule has 66 valence electrons. The van der Waals surface area contributed by atoms with Gasteiger partial charge in [0.1, 0.15) is 0 Å². The molecule has 0 aromatic heterocycles. The lowest BCUT2D eigenvalue weighted by Gasteiger charge is -2.04. The predicted molar refractivity (Wildman–Crippen MR) is 55.4 cm³/mol. The first-order chi connectivity index (χ1) is 5.74. The third-order valence-corrected chi connectivity index (χ3v) is 2.78. The summed E-state index contributed by atoms with van der Waals surface area (Å²) in [4.78, 5) is 1.27. The van der Waals surface area contributed by atoms with E-state index in [9.17, 15) is 0 Å². The number of aryl methyl sites for hydroxylation is 1. The molecule has 4 N–H and O–H groups in total.